The Morgan fingerprint density at radius 3 is 2.42 bits per heavy atom. The number of carbonyl (C=O) groups excluding carboxylic acids is 2. The Hall–Kier alpha value is -4.19. The van der Waals surface area contributed by atoms with Crippen molar-refractivity contribution in [2.24, 2.45) is 0 Å². The van der Waals surface area contributed by atoms with E-state index in [9.17, 15) is 59.6 Å². The third-order valence-electron chi connectivity index (χ3n) is 8.03. The number of rotatable bonds is 19. The van der Waals surface area contributed by atoms with E-state index >= 15 is 0 Å². The van der Waals surface area contributed by atoms with Gasteiger partial charge in [-0.3, -0.25) is 14.3 Å². The van der Waals surface area contributed by atoms with Gasteiger partial charge in [0, 0.05) is 18.1 Å². The fourth-order valence-electron chi connectivity index (χ4n) is 5.25. The van der Waals surface area contributed by atoms with Gasteiger partial charge in [0.1, 0.15) is 36.6 Å². The minimum atomic E-state index is -5.42. The number of benzene rings is 1. The summed E-state index contributed by atoms with van der Waals surface area (Å²) in [6.07, 6.45) is -15.8. The quantitative estimate of drug-likeness (QED) is 0.0529. The van der Waals surface area contributed by atoms with Crippen molar-refractivity contribution in [3.8, 4) is 0 Å². The number of fused-ring (bicyclic) bond motifs is 1. The molecule has 292 valence electrons. The number of aliphatic carboxylic acids is 2. The summed E-state index contributed by atoms with van der Waals surface area (Å²) in [5.74, 6) is -3.78. The number of carboxylic acid groups (broad SMARTS) is 2. The maximum atomic E-state index is 12.3. The van der Waals surface area contributed by atoms with Crippen LogP contribution in [0.5, 0.6) is 0 Å². The first kappa shape index (κ1) is 41.6. The molecule has 1 saturated heterocycles. The highest BCUT2D eigenvalue weighted by molar-refractivity contribution is 7.45. The minimum Gasteiger partial charge on any atom is -0.756 e. The van der Waals surface area contributed by atoms with Gasteiger partial charge in [-0.2, -0.15) is 4.98 Å². The number of nitrogens with two attached hydrogens (primary N) is 1. The van der Waals surface area contributed by atoms with Gasteiger partial charge in [-0.05, 0) is 44.4 Å². The second-order valence-corrected chi connectivity index (χ2v) is 13.5. The molecular formula is C30H38N6O16P-3. The predicted molar refractivity (Wildman–Crippen MR) is 172 cm³/mol. The molecule has 22 nitrogen and oxygen atoms in total. The van der Waals surface area contributed by atoms with Gasteiger partial charge in [0.05, 0.1) is 42.7 Å². The molecule has 1 aliphatic heterocycles. The zero-order chi connectivity index (χ0) is 39.2. The SMILES string of the molecule is Cc1nc2nc(N)[nH]c(=O)c2nc1[C@@H](C)Nc1ccc(C[C@H](O)[C@H](O)[C@H](O)CO[C@H]2O[C@H](COP(=O)([O-])O[C@@H](CCC(=O)[O-])C(=O)[O-])[C@@H](O)[C@H]2O)cc1. The zero-order valence-corrected chi connectivity index (χ0v) is 29.0. The first-order chi connectivity index (χ1) is 24.8. The summed E-state index contributed by atoms with van der Waals surface area (Å²) in [6.45, 7) is 1.81. The van der Waals surface area contributed by atoms with Crippen molar-refractivity contribution in [2.75, 3.05) is 24.3 Å². The molecule has 9 N–H and O–H groups in total. The number of aliphatic hydroxyl groups excluding tert-OH is 5. The molecule has 4 rings (SSSR count). The highest BCUT2D eigenvalue weighted by Crippen LogP contribution is 2.41. The van der Waals surface area contributed by atoms with E-state index in [1.165, 1.54) is 0 Å². The van der Waals surface area contributed by atoms with Crippen molar-refractivity contribution in [1.82, 2.24) is 19.9 Å². The molecule has 0 saturated carbocycles. The summed E-state index contributed by atoms with van der Waals surface area (Å²) < 4.78 is 31.4. The number of ether oxygens (including phenoxy) is 2. The lowest BCUT2D eigenvalue weighted by Crippen LogP contribution is -2.43. The third kappa shape index (κ3) is 11.2. The van der Waals surface area contributed by atoms with E-state index in [1.54, 1.807) is 31.2 Å². The van der Waals surface area contributed by atoms with Crippen LogP contribution in [-0.4, -0.2) is 120 Å². The van der Waals surface area contributed by atoms with E-state index < -0.39 is 106 Å². The first-order valence-electron chi connectivity index (χ1n) is 16.0. The minimum absolute atomic E-state index is 0.0332. The molecule has 23 heteroatoms. The van der Waals surface area contributed by atoms with Crippen LogP contribution in [0.15, 0.2) is 29.1 Å². The lowest BCUT2D eigenvalue weighted by Gasteiger charge is -2.29. The average molecular weight is 770 g/mol. The predicted octanol–water partition coefficient (Wildman–Crippen LogP) is -4.98. The van der Waals surface area contributed by atoms with Crippen LogP contribution in [0.1, 0.15) is 42.8 Å². The molecule has 10 atom stereocenters. The number of anilines is 2. The summed E-state index contributed by atoms with van der Waals surface area (Å²) in [5, 5.41) is 76.9. The third-order valence-corrected chi connectivity index (χ3v) is 9.01. The molecular weight excluding hydrogens is 731 g/mol. The Labute approximate surface area is 299 Å². The van der Waals surface area contributed by atoms with Crippen LogP contribution in [0.4, 0.5) is 11.6 Å². The average Bonchev–Trinajstić information content (AvgIpc) is 3.35. The lowest BCUT2D eigenvalue weighted by atomic mass is 10.0. The van der Waals surface area contributed by atoms with Gasteiger partial charge in [0.25, 0.3) is 13.4 Å². The molecule has 0 radical (unpaired) electrons. The highest BCUT2D eigenvalue weighted by Gasteiger charge is 2.44. The molecule has 1 aromatic carbocycles. The number of carbonyl (C=O) groups is 2. The smallest absolute Gasteiger partial charge is 0.280 e. The van der Waals surface area contributed by atoms with Gasteiger partial charge >= 0.3 is 0 Å². The molecule has 0 spiro atoms. The number of nitrogen functional groups attached to an aromatic ring is 1. The van der Waals surface area contributed by atoms with E-state index in [-0.39, 0.29) is 23.5 Å². The van der Waals surface area contributed by atoms with Crippen molar-refractivity contribution in [3.63, 3.8) is 0 Å². The number of aromatic nitrogens is 4. The highest BCUT2D eigenvalue weighted by atomic mass is 31.2. The number of aromatic amines is 1. The van der Waals surface area contributed by atoms with Crippen LogP contribution in [0.25, 0.3) is 11.2 Å². The summed E-state index contributed by atoms with van der Waals surface area (Å²) >= 11 is 0. The van der Waals surface area contributed by atoms with Crippen molar-refractivity contribution in [1.29, 1.82) is 0 Å². The number of hydrogen-bond donors (Lipinski definition) is 8. The molecule has 1 unspecified atom stereocenters. The van der Waals surface area contributed by atoms with Gasteiger partial charge in [0.2, 0.25) is 5.95 Å². The van der Waals surface area contributed by atoms with Crippen LogP contribution in [-0.2, 0) is 39.1 Å². The second kappa shape index (κ2) is 17.8. The summed E-state index contributed by atoms with van der Waals surface area (Å²) in [5.41, 5.74) is 7.46. The maximum Gasteiger partial charge on any atom is 0.280 e. The summed E-state index contributed by atoms with van der Waals surface area (Å²) in [4.78, 5) is 61.1. The fraction of sp³-hybridized carbons (Fsp3) is 0.533. The number of nitrogens with zero attached hydrogens (tertiary/aromatic N) is 3. The number of H-pyrrole nitrogens is 1. The van der Waals surface area contributed by atoms with Gasteiger partial charge in [0.15, 0.2) is 17.5 Å². The number of phosphoric ester groups is 1. The number of aliphatic hydroxyl groups is 5. The maximum absolute atomic E-state index is 12.3. The number of phosphoric acid groups is 1. The van der Waals surface area contributed by atoms with E-state index in [2.05, 4.69) is 34.3 Å². The molecule has 3 aromatic rings. The Balaban J connectivity index is 1.24. The van der Waals surface area contributed by atoms with Crippen molar-refractivity contribution < 1.29 is 73.3 Å². The van der Waals surface area contributed by atoms with Crippen LogP contribution < -0.4 is 31.7 Å². The Morgan fingerprint density at radius 2 is 1.77 bits per heavy atom. The largest absolute Gasteiger partial charge is 0.756 e. The molecule has 0 bridgehead atoms. The Kier molecular flexibility index (Phi) is 13.9. The molecule has 1 fully saturated rings. The van der Waals surface area contributed by atoms with E-state index in [0.717, 1.165) is 0 Å². The van der Waals surface area contributed by atoms with Crippen LogP contribution in [0, 0.1) is 6.92 Å². The number of nitrogens with one attached hydrogen (secondary N) is 2. The molecule has 53 heavy (non-hydrogen) atoms. The first-order valence-corrected chi connectivity index (χ1v) is 17.4. The fourth-order valence-corrected chi connectivity index (χ4v) is 6.14. The van der Waals surface area contributed by atoms with Crippen LogP contribution in [0.3, 0.4) is 0 Å². The van der Waals surface area contributed by atoms with Crippen molar-refractivity contribution in [3.05, 3.63) is 51.6 Å². The Bertz CT molecular complexity index is 1850. The molecule has 0 aliphatic carbocycles. The normalized spacial score (nSPS) is 22.8. The van der Waals surface area contributed by atoms with Gasteiger partial charge in [-0.1, -0.05) is 12.1 Å². The van der Waals surface area contributed by atoms with Gasteiger partial charge in [-0.25, -0.2) is 9.97 Å². The number of carboxylic acids is 2. The van der Waals surface area contributed by atoms with Crippen LogP contribution in [0.2, 0.25) is 0 Å². The van der Waals surface area contributed by atoms with Crippen LogP contribution >= 0.6 is 7.82 Å². The standard InChI is InChI=1S/C30H41N6O16P/c1-12(21-13(2)33-26-22(34-21)27(44)36-30(31)35-26)32-15-5-3-14(4-6-15)9-16(37)23(41)17(38)10-49-29-25(43)24(42)19(51-29)11-50-53(47,48)52-18(28(45)46)7-8-20(39)40/h3-6,12,16-19,23-25,29,32,37-38,41-43H,7-11H2,1-2H3,(H,39,40)(H,45,46)(H,47,48)(H3,31,33,35,36,44)/p-3/t12-,16+,17-,18+,19-,23+,24-,25-,29+/m1/s1. The van der Waals surface area contributed by atoms with Gasteiger partial charge in [-0.15, -0.1) is 0 Å². The number of aryl methyl sites for hydroxylation is 1. The topological polar surface area (TPSA) is 368 Å². The van der Waals surface area contributed by atoms with Crippen molar-refractivity contribution in [2.45, 2.75) is 88.2 Å². The summed E-state index contributed by atoms with van der Waals surface area (Å²) in [7, 11) is -5.42. The van der Waals surface area contributed by atoms with E-state index in [4.69, 9.17) is 15.2 Å². The second-order valence-electron chi connectivity index (χ2n) is 12.1. The molecule has 3 heterocycles. The van der Waals surface area contributed by atoms with Crippen molar-refractivity contribution >= 4 is 42.6 Å². The molecule has 2 aromatic heterocycles. The molecule has 0 amide bonds. The lowest BCUT2D eigenvalue weighted by molar-refractivity contribution is -0.319. The Morgan fingerprint density at radius 1 is 1.09 bits per heavy atom. The van der Waals surface area contributed by atoms with Gasteiger partial charge < -0.3 is 79.8 Å². The monoisotopic (exact) mass is 769 g/mol. The molecule has 1 aliphatic rings. The summed E-state index contributed by atoms with van der Waals surface area (Å²) in [6, 6.07) is 6.33. The number of hydrogen-bond acceptors (Lipinski definition) is 21. The van der Waals surface area contributed by atoms with E-state index in [0.29, 0.717) is 22.6 Å². The van der Waals surface area contributed by atoms with E-state index in [1.807, 2.05) is 6.92 Å². The zero-order valence-electron chi connectivity index (χ0n) is 28.1.